The molecule has 0 aliphatic carbocycles. The standard InChI is InChI=1S/C19H23N3O5S/c1-14(23)21-16-5-3-15(4-6-16)13-19(24)22-17-7-9-18(10-8-17)28(25,26)20-11-12-27-2/h3-10,20H,11-13H2,1-2H3,(H,21,23)(H,22,24). The van der Waals surface area contributed by atoms with Crippen molar-refractivity contribution in [3.63, 3.8) is 0 Å². The number of nitrogens with one attached hydrogen (secondary N) is 3. The molecular weight excluding hydrogens is 382 g/mol. The van der Waals surface area contributed by atoms with E-state index in [2.05, 4.69) is 15.4 Å². The van der Waals surface area contributed by atoms with Crippen molar-refractivity contribution in [1.82, 2.24) is 4.72 Å². The quantitative estimate of drug-likeness (QED) is 0.550. The second-order valence-corrected chi connectivity index (χ2v) is 7.78. The Labute approximate surface area is 164 Å². The van der Waals surface area contributed by atoms with Crippen LogP contribution in [0.5, 0.6) is 0 Å². The van der Waals surface area contributed by atoms with E-state index in [0.29, 0.717) is 11.4 Å². The number of amides is 2. The first-order valence-corrected chi connectivity index (χ1v) is 10.0. The number of carbonyl (C=O) groups excluding carboxylic acids is 2. The largest absolute Gasteiger partial charge is 0.383 e. The first kappa shape index (κ1) is 21.5. The summed E-state index contributed by atoms with van der Waals surface area (Å²) in [7, 11) is -2.12. The number of sulfonamides is 1. The summed E-state index contributed by atoms with van der Waals surface area (Å²) in [6.45, 7) is 1.88. The number of benzene rings is 2. The lowest BCUT2D eigenvalue weighted by Gasteiger charge is -2.09. The molecule has 0 aliphatic heterocycles. The van der Waals surface area contributed by atoms with Gasteiger partial charge >= 0.3 is 0 Å². The minimum absolute atomic E-state index is 0.107. The molecule has 2 aromatic carbocycles. The van der Waals surface area contributed by atoms with E-state index in [9.17, 15) is 18.0 Å². The van der Waals surface area contributed by atoms with Crippen LogP contribution in [0.3, 0.4) is 0 Å². The van der Waals surface area contributed by atoms with Crippen molar-refractivity contribution in [2.75, 3.05) is 30.9 Å². The zero-order valence-corrected chi connectivity index (χ0v) is 16.5. The highest BCUT2D eigenvalue weighted by atomic mass is 32.2. The first-order valence-electron chi connectivity index (χ1n) is 8.55. The topological polar surface area (TPSA) is 114 Å². The molecule has 150 valence electrons. The second kappa shape index (κ2) is 9.98. The molecule has 2 amide bonds. The van der Waals surface area contributed by atoms with Gasteiger partial charge in [-0.1, -0.05) is 12.1 Å². The van der Waals surface area contributed by atoms with Crippen LogP contribution in [-0.2, 0) is 30.8 Å². The minimum atomic E-state index is -3.61. The van der Waals surface area contributed by atoms with Crippen LogP contribution in [0.1, 0.15) is 12.5 Å². The Morgan fingerprint density at radius 1 is 0.929 bits per heavy atom. The highest BCUT2D eigenvalue weighted by Gasteiger charge is 2.13. The van der Waals surface area contributed by atoms with E-state index in [1.807, 2.05) is 0 Å². The molecule has 0 spiro atoms. The third kappa shape index (κ3) is 6.76. The van der Waals surface area contributed by atoms with Gasteiger partial charge < -0.3 is 15.4 Å². The predicted octanol–water partition coefficient (Wildman–Crippen LogP) is 1.75. The van der Waals surface area contributed by atoms with E-state index < -0.39 is 10.0 Å². The monoisotopic (exact) mass is 405 g/mol. The van der Waals surface area contributed by atoms with Gasteiger partial charge in [0, 0.05) is 32.0 Å². The summed E-state index contributed by atoms with van der Waals surface area (Å²) in [6, 6.07) is 12.9. The van der Waals surface area contributed by atoms with E-state index in [1.165, 1.54) is 38.3 Å². The van der Waals surface area contributed by atoms with E-state index in [4.69, 9.17) is 4.74 Å². The van der Waals surface area contributed by atoms with Gasteiger partial charge in [0.2, 0.25) is 21.8 Å². The first-order chi connectivity index (χ1) is 13.3. The van der Waals surface area contributed by atoms with Gasteiger partial charge in [0.1, 0.15) is 0 Å². The fraction of sp³-hybridized carbons (Fsp3) is 0.263. The van der Waals surface area contributed by atoms with Crippen LogP contribution in [0.4, 0.5) is 11.4 Å². The average molecular weight is 405 g/mol. The molecule has 0 atom stereocenters. The summed E-state index contributed by atoms with van der Waals surface area (Å²) in [4.78, 5) is 23.3. The zero-order valence-electron chi connectivity index (χ0n) is 15.7. The maximum absolute atomic E-state index is 12.2. The third-order valence-electron chi connectivity index (χ3n) is 3.69. The molecule has 2 rings (SSSR count). The normalized spacial score (nSPS) is 11.1. The third-order valence-corrected chi connectivity index (χ3v) is 5.16. The molecule has 0 radical (unpaired) electrons. The van der Waals surface area contributed by atoms with Crippen LogP contribution in [0, 0.1) is 0 Å². The van der Waals surface area contributed by atoms with Gasteiger partial charge in [0.25, 0.3) is 0 Å². The maximum atomic E-state index is 12.2. The number of methoxy groups -OCH3 is 1. The predicted molar refractivity (Wildman–Crippen MR) is 107 cm³/mol. The molecule has 0 fully saturated rings. The summed E-state index contributed by atoms with van der Waals surface area (Å²) in [5, 5.41) is 5.38. The summed E-state index contributed by atoms with van der Waals surface area (Å²) < 4.78 is 31.4. The van der Waals surface area contributed by atoms with Crippen LogP contribution >= 0.6 is 0 Å². The van der Waals surface area contributed by atoms with E-state index in [0.717, 1.165) is 5.56 Å². The molecule has 0 heterocycles. The molecule has 0 bridgehead atoms. The maximum Gasteiger partial charge on any atom is 0.240 e. The Bertz CT molecular complexity index is 910. The van der Waals surface area contributed by atoms with Crippen molar-refractivity contribution in [2.24, 2.45) is 0 Å². The molecule has 8 nitrogen and oxygen atoms in total. The Morgan fingerprint density at radius 2 is 1.50 bits per heavy atom. The number of anilines is 2. The highest BCUT2D eigenvalue weighted by molar-refractivity contribution is 7.89. The van der Waals surface area contributed by atoms with Crippen molar-refractivity contribution < 1.29 is 22.7 Å². The van der Waals surface area contributed by atoms with Gasteiger partial charge in [0.05, 0.1) is 17.9 Å². The van der Waals surface area contributed by atoms with Crippen LogP contribution < -0.4 is 15.4 Å². The van der Waals surface area contributed by atoms with Crippen molar-refractivity contribution in [1.29, 1.82) is 0 Å². The zero-order chi connectivity index (χ0) is 20.6. The Kier molecular flexibility index (Phi) is 7.68. The molecule has 0 saturated carbocycles. The SMILES string of the molecule is COCCNS(=O)(=O)c1ccc(NC(=O)Cc2ccc(NC(C)=O)cc2)cc1. The van der Waals surface area contributed by atoms with Crippen molar-refractivity contribution in [3.8, 4) is 0 Å². The molecule has 2 aromatic rings. The van der Waals surface area contributed by atoms with Crippen molar-refractivity contribution >= 4 is 33.2 Å². The lowest BCUT2D eigenvalue weighted by atomic mass is 10.1. The van der Waals surface area contributed by atoms with Crippen LogP contribution in [-0.4, -0.2) is 40.5 Å². The van der Waals surface area contributed by atoms with Gasteiger partial charge in [-0.05, 0) is 42.0 Å². The molecule has 0 aromatic heterocycles. The molecular formula is C19H23N3O5S. The lowest BCUT2D eigenvalue weighted by Crippen LogP contribution is -2.27. The van der Waals surface area contributed by atoms with Gasteiger partial charge in [0.15, 0.2) is 0 Å². The number of hydrogen-bond acceptors (Lipinski definition) is 5. The molecule has 0 saturated heterocycles. The fourth-order valence-corrected chi connectivity index (χ4v) is 3.39. The summed E-state index contributed by atoms with van der Waals surface area (Å²) in [6.07, 6.45) is 0.152. The number of hydrogen-bond donors (Lipinski definition) is 3. The van der Waals surface area contributed by atoms with Gasteiger partial charge in [-0.3, -0.25) is 9.59 Å². The summed E-state index contributed by atoms with van der Waals surface area (Å²) >= 11 is 0. The second-order valence-electron chi connectivity index (χ2n) is 6.02. The number of rotatable bonds is 9. The Hall–Kier alpha value is -2.75. The van der Waals surface area contributed by atoms with Gasteiger partial charge in [-0.15, -0.1) is 0 Å². The lowest BCUT2D eigenvalue weighted by molar-refractivity contribution is -0.116. The average Bonchev–Trinajstić information content (AvgIpc) is 2.63. The molecule has 0 aliphatic rings. The van der Waals surface area contributed by atoms with Gasteiger partial charge in [-0.2, -0.15) is 0 Å². The molecule has 0 unspecified atom stereocenters. The van der Waals surface area contributed by atoms with Crippen LogP contribution in [0.2, 0.25) is 0 Å². The fourth-order valence-electron chi connectivity index (χ4n) is 2.38. The van der Waals surface area contributed by atoms with Crippen molar-refractivity contribution in [2.45, 2.75) is 18.2 Å². The summed E-state index contributed by atoms with van der Waals surface area (Å²) in [5.74, 6) is -0.397. The van der Waals surface area contributed by atoms with Crippen molar-refractivity contribution in [3.05, 3.63) is 54.1 Å². The smallest absolute Gasteiger partial charge is 0.240 e. The van der Waals surface area contributed by atoms with Crippen LogP contribution in [0.25, 0.3) is 0 Å². The highest BCUT2D eigenvalue weighted by Crippen LogP contribution is 2.15. The number of ether oxygens (including phenoxy) is 1. The minimum Gasteiger partial charge on any atom is -0.383 e. The molecule has 9 heteroatoms. The van der Waals surface area contributed by atoms with E-state index in [-0.39, 0.29) is 36.3 Å². The number of carbonyl (C=O) groups is 2. The Morgan fingerprint density at radius 3 is 2.07 bits per heavy atom. The van der Waals surface area contributed by atoms with E-state index in [1.54, 1.807) is 24.3 Å². The summed E-state index contributed by atoms with van der Waals surface area (Å²) in [5.41, 5.74) is 1.94. The molecule has 3 N–H and O–H groups in total. The Balaban J connectivity index is 1.92. The van der Waals surface area contributed by atoms with E-state index >= 15 is 0 Å². The van der Waals surface area contributed by atoms with Crippen LogP contribution in [0.15, 0.2) is 53.4 Å². The molecule has 28 heavy (non-hydrogen) atoms. The van der Waals surface area contributed by atoms with Gasteiger partial charge in [-0.25, -0.2) is 13.1 Å².